The molecule has 0 unspecified atom stereocenters. The second-order valence-corrected chi connectivity index (χ2v) is 15.8. The van der Waals surface area contributed by atoms with E-state index in [4.69, 9.17) is 39.4 Å². The van der Waals surface area contributed by atoms with Gasteiger partial charge < -0.3 is 9.47 Å². The van der Waals surface area contributed by atoms with Crippen LogP contribution in [0.1, 0.15) is 11.4 Å². The van der Waals surface area contributed by atoms with Gasteiger partial charge in [-0.05, 0) is 42.0 Å². The minimum atomic E-state index is 0.368. The number of para-hydroxylation sites is 2. The molecule has 3 aromatic heterocycles. The number of ether oxygens (including phenoxy) is 2. The zero-order valence-electron chi connectivity index (χ0n) is 33.6. The van der Waals surface area contributed by atoms with E-state index in [1.165, 1.54) is 15.5 Å². The molecule has 9 heteroatoms. The molecule has 0 fully saturated rings. The van der Waals surface area contributed by atoms with Gasteiger partial charge in [-0.25, -0.2) is 29.9 Å². The van der Waals surface area contributed by atoms with Crippen molar-refractivity contribution in [3.05, 3.63) is 206 Å². The summed E-state index contributed by atoms with van der Waals surface area (Å²) in [5.41, 5.74) is 5.55. The number of fused-ring (bicyclic) bond motifs is 5. The summed E-state index contributed by atoms with van der Waals surface area (Å²) < 4.78 is 15.7. The Morgan fingerprint density at radius 1 is 0.460 bits per heavy atom. The summed E-state index contributed by atoms with van der Waals surface area (Å²) in [5.74, 6) is 4.87. The largest absolute Gasteiger partial charge is 0.449 e. The Morgan fingerprint density at radius 2 is 1.03 bits per heavy atom. The second-order valence-electron chi connectivity index (χ2n) is 14.8. The van der Waals surface area contributed by atoms with Crippen LogP contribution in [0.25, 0.3) is 88.8 Å². The Morgan fingerprint density at radius 3 is 1.76 bits per heavy atom. The molecular formula is C54H34N6O2S. The molecule has 0 aliphatic carbocycles. The Hall–Kier alpha value is -8.40. The summed E-state index contributed by atoms with van der Waals surface area (Å²) in [5, 5.41) is 2.42. The normalized spacial score (nSPS) is 12.2. The minimum absolute atomic E-state index is 0.368. The summed E-state index contributed by atoms with van der Waals surface area (Å²) in [6.45, 7) is 4.14. The standard InChI is InChI=1S/C54H34N6O2S/c1-2-35(24-16-19-34-17-6-3-7-18-34)49-55-51(37-22-10-5-11-23-37)60-54(59-49)42-31-39(32-45-48(42)62-44-27-14-13-26-43(44)61-45)53-57-50(36-20-8-4-9-21-36)56-52(58-53)38-29-30-41-40-25-12-15-28-46(40)63-47(41)33-38/h2-33H,1H2/b19-16+,35-24+. The first-order chi connectivity index (χ1) is 31.1. The van der Waals surface area contributed by atoms with Crippen LogP contribution in [0.15, 0.2) is 195 Å². The molecule has 11 rings (SSSR count). The summed E-state index contributed by atoms with van der Waals surface area (Å²) >= 11 is 1.75. The second kappa shape index (κ2) is 16.2. The monoisotopic (exact) mass is 830 g/mol. The summed E-state index contributed by atoms with van der Waals surface area (Å²) in [6.07, 6.45) is 7.69. The number of hydrogen-bond acceptors (Lipinski definition) is 9. The molecule has 0 atom stereocenters. The quantitative estimate of drug-likeness (QED) is 0.133. The third-order valence-electron chi connectivity index (χ3n) is 10.6. The molecule has 1 aliphatic heterocycles. The van der Waals surface area contributed by atoms with Crippen molar-refractivity contribution in [2.75, 3.05) is 0 Å². The lowest BCUT2D eigenvalue weighted by Gasteiger charge is -2.23. The maximum Gasteiger partial charge on any atom is 0.181 e. The average Bonchev–Trinajstić information content (AvgIpc) is 3.73. The van der Waals surface area contributed by atoms with Crippen LogP contribution < -0.4 is 9.47 Å². The molecular weight excluding hydrogens is 797 g/mol. The van der Waals surface area contributed by atoms with Crippen molar-refractivity contribution in [1.29, 1.82) is 0 Å². The zero-order valence-corrected chi connectivity index (χ0v) is 34.4. The van der Waals surface area contributed by atoms with Crippen LogP contribution in [-0.4, -0.2) is 29.9 Å². The van der Waals surface area contributed by atoms with Crippen LogP contribution in [0.4, 0.5) is 0 Å². The molecule has 63 heavy (non-hydrogen) atoms. The fourth-order valence-corrected chi connectivity index (χ4v) is 8.69. The number of nitrogens with zero attached hydrogens (tertiary/aromatic N) is 6. The van der Waals surface area contributed by atoms with Crippen LogP contribution >= 0.6 is 11.3 Å². The van der Waals surface area contributed by atoms with Crippen molar-refractivity contribution in [2.45, 2.75) is 0 Å². The van der Waals surface area contributed by atoms with E-state index in [9.17, 15) is 0 Å². The van der Waals surface area contributed by atoms with Gasteiger partial charge in [-0.1, -0.05) is 164 Å². The molecule has 0 bridgehead atoms. The predicted molar refractivity (Wildman–Crippen MR) is 254 cm³/mol. The van der Waals surface area contributed by atoms with Gasteiger partial charge in [0.15, 0.2) is 57.9 Å². The van der Waals surface area contributed by atoms with Gasteiger partial charge in [0, 0.05) is 48.0 Å². The van der Waals surface area contributed by atoms with Crippen LogP contribution in [0.5, 0.6) is 23.0 Å². The van der Waals surface area contributed by atoms with E-state index in [2.05, 4.69) is 49.0 Å². The van der Waals surface area contributed by atoms with E-state index in [1.807, 2.05) is 146 Å². The first-order valence-corrected chi connectivity index (χ1v) is 21.2. The SMILES string of the molecule is C=C/C(=C\C=C\c1ccccc1)c1nc(-c2ccccc2)nc(-c2cc(-c3nc(-c4ccccc4)nc(-c4ccc5c(c4)sc4ccccc45)n3)cc3c2Oc2ccccc2O3)n1. The highest BCUT2D eigenvalue weighted by molar-refractivity contribution is 7.25. The van der Waals surface area contributed by atoms with E-state index in [0.29, 0.717) is 74.6 Å². The van der Waals surface area contributed by atoms with Gasteiger partial charge >= 0.3 is 0 Å². The molecule has 8 nitrogen and oxygen atoms in total. The fraction of sp³-hybridized carbons (Fsp3) is 0. The molecule has 0 saturated carbocycles. The Labute approximate surface area is 366 Å². The highest BCUT2D eigenvalue weighted by Crippen LogP contribution is 2.51. The van der Waals surface area contributed by atoms with E-state index in [0.717, 1.165) is 27.0 Å². The van der Waals surface area contributed by atoms with Gasteiger partial charge in [-0.3, -0.25) is 0 Å². The highest BCUT2D eigenvalue weighted by atomic mass is 32.1. The first-order valence-electron chi connectivity index (χ1n) is 20.4. The van der Waals surface area contributed by atoms with Crippen LogP contribution in [0.3, 0.4) is 0 Å². The molecule has 1 aliphatic rings. The van der Waals surface area contributed by atoms with Crippen molar-refractivity contribution in [3.63, 3.8) is 0 Å². The molecule has 10 aromatic rings. The summed E-state index contributed by atoms with van der Waals surface area (Å²) in [4.78, 5) is 30.5. The van der Waals surface area contributed by atoms with Crippen molar-refractivity contribution in [3.8, 4) is 79.9 Å². The maximum absolute atomic E-state index is 6.67. The van der Waals surface area contributed by atoms with E-state index < -0.39 is 0 Å². The highest BCUT2D eigenvalue weighted by Gasteiger charge is 2.27. The minimum Gasteiger partial charge on any atom is -0.449 e. The number of benzene rings is 7. The van der Waals surface area contributed by atoms with Crippen molar-refractivity contribution < 1.29 is 9.47 Å². The maximum atomic E-state index is 6.67. The lowest BCUT2D eigenvalue weighted by Crippen LogP contribution is -2.06. The Bertz CT molecular complexity index is 3420. The smallest absolute Gasteiger partial charge is 0.181 e. The van der Waals surface area contributed by atoms with Gasteiger partial charge in [0.05, 0.1) is 5.56 Å². The van der Waals surface area contributed by atoms with Gasteiger partial charge in [0.1, 0.15) is 0 Å². The lowest BCUT2D eigenvalue weighted by atomic mass is 10.0. The van der Waals surface area contributed by atoms with E-state index in [1.54, 1.807) is 17.4 Å². The van der Waals surface area contributed by atoms with Crippen molar-refractivity contribution in [2.24, 2.45) is 0 Å². The van der Waals surface area contributed by atoms with Crippen LogP contribution in [-0.2, 0) is 0 Å². The Kier molecular flexibility index (Phi) is 9.68. The molecule has 298 valence electrons. The summed E-state index contributed by atoms with van der Waals surface area (Å²) in [6, 6.07) is 56.2. The Balaban J connectivity index is 1.11. The number of thiophene rings is 1. The van der Waals surface area contributed by atoms with Crippen LogP contribution in [0, 0.1) is 0 Å². The molecule has 0 spiro atoms. The van der Waals surface area contributed by atoms with Crippen molar-refractivity contribution >= 4 is 43.2 Å². The third kappa shape index (κ3) is 7.43. The van der Waals surface area contributed by atoms with Gasteiger partial charge in [0.2, 0.25) is 0 Å². The molecule has 0 amide bonds. The van der Waals surface area contributed by atoms with Gasteiger partial charge in [-0.2, -0.15) is 0 Å². The van der Waals surface area contributed by atoms with Gasteiger partial charge in [-0.15, -0.1) is 11.3 Å². The molecule has 4 heterocycles. The molecule has 0 radical (unpaired) electrons. The van der Waals surface area contributed by atoms with Crippen molar-refractivity contribution in [1.82, 2.24) is 29.9 Å². The number of hydrogen-bond donors (Lipinski definition) is 0. The van der Waals surface area contributed by atoms with Gasteiger partial charge in [0.25, 0.3) is 0 Å². The first kappa shape index (κ1) is 37.6. The van der Waals surface area contributed by atoms with Crippen LogP contribution in [0.2, 0.25) is 0 Å². The predicted octanol–water partition coefficient (Wildman–Crippen LogP) is 13.9. The third-order valence-corrected chi connectivity index (χ3v) is 11.8. The van der Waals surface area contributed by atoms with E-state index in [-0.39, 0.29) is 0 Å². The molecule has 0 saturated heterocycles. The average molecular weight is 831 g/mol. The topological polar surface area (TPSA) is 95.8 Å². The number of aromatic nitrogens is 6. The lowest BCUT2D eigenvalue weighted by molar-refractivity contribution is 0.360. The summed E-state index contributed by atoms with van der Waals surface area (Å²) in [7, 11) is 0. The molecule has 7 aromatic carbocycles. The zero-order chi connectivity index (χ0) is 42.1. The fourth-order valence-electron chi connectivity index (χ4n) is 7.54. The van der Waals surface area contributed by atoms with E-state index >= 15 is 0 Å². The molecule has 0 N–H and O–H groups in total. The number of allylic oxidation sites excluding steroid dienone is 4. The number of rotatable bonds is 9.